The summed E-state index contributed by atoms with van der Waals surface area (Å²) in [6.07, 6.45) is 0. The van der Waals surface area contributed by atoms with Crippen LogP contribution in [0.1, 0.15) is 19.9 Å². The number of aromatic nitrogens is 2. The molecule has 0 radical (unpaired) electrons. The summed E-state index contributed by atoms with van der Waals surface area (Å²) in [5.74, 6) is 1.62. The predicted molar refractivity (Wildman–Crippen MR) is 48.7 cm³/mol. The third-order valence-corrected chi connectivity index (χ3v) is 1.67. The molecule has 0 bridgehead atoms. The van der Waals surface area contributed by atoms with Crippen molar-refractivity contribution < 1.29 is 4.74 Å². The molecule has 4 nitrogen and oxygen atoms in total. The molecule has 1 aromatic heterocycles. The summed E-state index contributed by atoms with van der Waals surface area (Å²) in [7, 11) is 3.49. The van der Waals surface area contributed by atoms with Crippen molar-refractivity contribution in [2.45, 2.75) is 19.9 Å². The van der Waals surface area contributed by atoms with Gasteiger partial charge in [-0.2, -0.15) is 0 Å². The SMILES string of the molecule is CNc1cc(OC)nn1C(C)C. The zero-order valence-electron chi connectivity index (χ0n) is 7.96. The van der Waals surface area contributed by atoms with Crippen LogP contribution in [0.25, 0.3) is 0 Å². The van der Waals surface area contributed by atoms with E-state index in [9.17, 15) is 0 Å². The van der Waals surface area contributed by atoms with Gasteiger partial charge in [-0.3, -0.25) is 0 Å². The van der Waals surface area contributed by atoms with Gasteiger partial charge in [0, 0.05) is 19.2 Å². The van der Waals surface area contributed by atoms with Crippen molar-refractivity contribution >= 4 is 5.82 Å². The lowest BCUT2D eigenvalue weighted by Gasteiger charge is -2.08. The molecular formula is C8H15N3O. The van der Waals surface area contributed by atoms with Gasteiger partial charge < -0.3 is 10.1 Å². The molecule has 4 heteroatoms. The molecule has 12 heavy (non-hydrogen) atoms. The van der Waals surface area contributed by atoms with Crippen molar-refractivity contribution in [2.24, 2.45) is 0 Å². The Morgan fingerprint density at radius 3 is 2.58 bits per heavy atom. The Morgan fingerprint density at radius 2 is 2.25 bits per heavy atom. The number of nitrogens with zero attached hydrogens (tertiary/aromatic N) is 2. The van der Waals surface area contributed by atoms with E-state index in [1.54, 1.807) is 7.11 Å². The first kappa shape index (κ1) is 8.90. The smallest absolute Gasteiger partial charge is 0.234 e. The first-order chi connectivity index (χ1) is 5.69. The molecule has 0 aliphatic rings. The molecule has 0 aliphatic heterocycles. The minimum atomic E-state index is 0.344. The highest BCUT2D eigenvalue weighted by molar-refractivity contribution is 5.39. The molecule has 0 aliphatic carbocycles. The zero-order valence-corrected chi connectivity index (χ0v) is 7.96. The van der Waals surface area contributed by atoms with Crippen molar-refractivity contribution in [1.29, 1.82) is 0 Å². The van der Waals surface area contributed by atoms with Gasteiger partial charge in [0.2, 0.25) is 5.88 Å². The van der Waals surface area contributed by atoms with E-state index in [0.717, 1.165) is 5.82 Å². The van der Waals surface area contributed by atoms with Crippen LogP contribution < -0.4 is 10.1 Å². The van der Waals surface area contributed by atoms with Gasteiger partial charge in [0.05, 0.1) is 7.11 Å². The van der Waals surface area contributed by atoms with Crippen LogP contribution in [-0.2, 0) is 0 Å². The maximum Gasteiger partial charge on any atom is 0.234 e. The van der Waals surface area contributed by atoms with E-state index in [1.807, 2.05) is 17.8 Å². The highest BCUT2D eigenvalue weighted by atomic mass is 16.5. The fraction of sp³-hybridized carbons (Fsp3) is 0.625. The van der Waals surface area contributed by atoms with Gasteiger partial charge in [-0.25, -0.2) is 4.68 Å². The Labute approximate surface area is 72.5 Å². The summed E-state index contributed by atoms with van der Waals surface area (Å²) in [5.41, 5.74) is 0. The Kier molecular flexibility index (Phi) is 2.58. The van der Waals surface area contributed by atoms with Crippen molar-refractivity contribution in [1.82, 2.24) is 9.78 Å². The minimum absolute atomic E-state index is 0.344. The second-order valence-corrected chi connectivity index (χ2v) is 2.86. The topological polar surface area (TPSA) is 39.1 Å². The molecule has 0 unspecified atom stereocenters. The fourth-order valence-corrected chi connectivity index (χ4v) is 1.05. The normalized spacial score (nSPS) is 10.4. The van der Waals surface area contributed by atoms with Crippen LogP contribution in [-0.4, -0.2) is 23.9 Å². The predicted octanol–water partition coefficient (Wildman–Crippen LogP) is 1.51. The summed E-state index contributed by atoms with van der Waals surface area (Å²) in [6.45, 7) is 4.15. The molecule has 0 spiro atoms. The number of methoxy groups -OCH3 is 1. The molecule has 0 saturated carbocycles. The Bertz CT molecular complexity index is 255. The van der Waals surface area contributed by atoms with Crippen LogP contribution in [0.3, 0.4) is 0 Å². The molecular weight excluding hydrogens is 154 g/mol. The maximum atomic E-state index is 5.02. The fourth-order valence-electron chi connectivity index (χ4n) is 1.05. The lowest BCUT2D eigenvalue weighted by molar-refractivity contribution is 0.383. The van der Waals surface area contributed by atoms with Crippen molar-refractivity contribution in [3.8, 4) is 5.88 Å². The number of nitrogens with one attached hydrogen (secondary N) is 1. The van der Waals surface area contributed by atoms with Gasteiger partial charge >= 0.3 is 0 Å². The third kappa shape index (κ3) is 1.52. The van der Waals surface area contributed by atoms with Gasteiger partial charge in [-0.05, 0) is 13.8 Å². The number of ether oxygens (including phenoxy) is 1. The number of hydrogen-bond donors (Lipinski definition) is 1. The maximum absolute atomic E-state index is 5.02. The second-order valence-electron chi connectivity index (χ2n) is 2.86. The van der Waals surface area contributed by atoms with Gasteiger partial charge in [-0.1, -0.05) is 0 Å². The second kappa shape index (κ2) is 3.47. The summed E-state index contributed by atoms with van der Waals surface area (Å²) >= 11 is 0. The molecule has 0 saturated heterocycles. The highest BCUT2D eigenvalue weighted by Crippen LogP contribution is 2.19. The Morgan fingerprint density at radius 1 is 1.58 bits per heavy atom. The van der Waals surface area contributed by atoms with Crippen molar-refractivity contribution in [3.05, 3.63) is 6.07 Å². The zero-order chi connectivity index (χ0) is 9.14. The highest BCUT2D eigenvalue weighted by Gasteiger charge is 2.08. The number of rotatable bonds is 3. The molecule has 0 aromatic carbocycles. The molecule has 1 aromatic rings. The van der Waals surface area contributed by atoms with Crippen molar-refractivity contribution in [3.63, 3.8) is 0 Å². The largest absolute Gasteiger partial charge is 0.480 e. The quantitative estimate of drug-likeness (QED) is 0.745. The van der Waals surface area contributed by atoms with E-state index in [1.165, 1.54) is 0 Å². The molecule has 0 fully saturated rings. The van der Waals surface area contributed by atoms with E-state index >= 15 is 0 Å². The average Bonchev–Trinajstić information content (AvgIpc) is 2.47. The first-order valence-electron chi connectivity index (χ1n) is 4.00. The lowest BCUT2D eigenvalue weighted by Crippen LogP contribution is -2.06. The van der Waals surface area contributed by atoms with Crippen LogP contribution in [0.4, 0.5) is 5.82 Å². The van der Waals surface area contributed by atoms with Gasteiger partial charge in [0.25, 0.3) is 0 Å². The van der Waals surface area contributed by atoms with E-state index in [0.29, 0.717) is 11.9 Å². The van der Waals surface area contributed by atoms with Gasteiger partial charge in [0.15, 0.2) is 0 Å². The molecule has 1 heterocycles. The molecule has 0 amide bonds. The van der Waals surface area contributed by atoms with E-state index in [2.05, 4.69) is 24.3 Å². The van der Waals surface area contributed by atoms with E-state index < -0.39 is 0 Å². The van der Waals surface area contributed by atoms with E-state index in [-0.39, 0.29) is 0 Å². The average molecular weight is 169 g/mol. The van der Waals surface area contributed by atoms with Crippen LogP contribution in [0.5, 0.6) is 5.88 Å². The summed E-state index contributed by atoms with van der Waals surface area (Å²) in [6, 6.07) is 2.22. The van der Waals surface area contributed by atoms with Crippen LogP contribution in [0.2, 0.25) is 0 Å². The summed E-state index contributed by atoms with van der Waals surface area (Å²) in [5, 5.41) is 7.28. The van der Waals surface area contributed by atoms with Gasteiger partial charge in [0.1, 0.15) is 5.82 Å². The molecule has 1 N–H and O–H groups in total. The third-order valence-electron chi connectivity index (χ3n) is 1.67. The molecule has 68 valence electrons. The number of anilines is 1. The summed E-state index contributed by atoms with van der Waals surface area (Å²) in [4.78, 5) is 0. The Hall–Kier alpha value is -1.19. The standard InChI is InChI=1S/C8H15N3O/c1-6(2)11-7(9-3)5-8(10-11)12-4/h5-6,9H,1-4H3. The Balaban J connectivity index is 3.00. The monoisotopic (exact) mass is 169 g/mol. The van der Waals surface area contributed by atoms with Gasteiger partial charge in [-0.15, -0.1) is 5.10 Å². The van der Waals surface area contributed by atoms with Crippen molar-refractivity contribution in [2.75, 3.05) is 19.5 Å². The van der Waals surface area contributed by atoms with Crippen LogP contribution in [0, 0.1) is 0 Å². The van der Waals surface area contributed by atoms with E-state index in [4.69, 9.17) is 4.74 Å². The van der Waals surface area contributed by atoms with Crippen LogP contribution >= 0.6 is 0 Å². The summed E-state index contributed by atoms with van der Waals surface area (Å²) < 4.78 is 6.90. The first-order valence-corrected chi connectivity index (χ1v) is 4.00. The van der Waals surface area contributed by atoms with Crippen LogP contribution in [0.15, 0.2) is 6.07 Å². The number of hydrogen-bond acceptors (Lipinski definition) is 3. The molecule has 1 rings (SSSR count). The minimum Gasteiger partial charge on any atom is -0.480 e. The molecule has 0 atom stereocenters. The lowest BCUT2D eigenvalue weighted by atomic mass is 10.4.